The van der Waals surface area contributed by atoms with Gasteiger partial charge in [0.15, 0.2) is 0 Å². The van der Waals surface area contributed by atoms with Crippen molar-refractivity contribution in [3.8, 4) is 0 Å². The molecule has 0 aliphatic carbocycles. The Morgan fingerprint density at radius 2 is 1.88 bits per heavy atom. The number of unbranched alkanes of at least 4 members (excludes halogenated alkanes) is 3. The highest BCUT2D eigenvalue weighted by atomic mass is 35.5. The molecule has 3 heteroatoms. The molecule has 1 aromatic carbocycles. The fourth-order valence-corrected chi connectivity index (χ4v) is 2.48. The maximum Gasteiger partial charge on any atom is 0.0600 e. The van der Waals surface area contributed by atoms with Gasteiger partial charge in [0.1, 0.15) is 0 Å². The van der Waals surface area contributed by atoms with Crippen molar-refractivity contribution >= 4 is 34.8 Å². The molecule has 0 nitrogen and oxygen atoms in total. The molecule has 0 aliphatic heterocycles. The van der Waals surface area contributed by atoms with Crippen LogP contribution in [0.5, 0.6) is 0 Å². The number of benzene rings is 1. The highest BCUT2D eigenvalue weighted by Gasteiger charge is 2.11. The standard InChI is InChI=1S/C13H17Cl3/c1-2-3-4-5-6-12(15)11-9-10(14)7-8-13(11)16/h7-9,12H,2-6H2,1H3. The largest absolute Gasteiger partial charge is 0.118 e. The van der Waals surface area contributed by atoms with E-state index in [1.54, 1.807) is 12.1 Å². The maximum absolute atomic E-state index is 6.32. The Bertz CT molecular complexity index is 323. The van der Waals surface area contributed by atoms with Crippen molar-refractivity contribution in [2.24, 2.45) is 0 Å². The predicted octanol–water partition coefficient (Wildman–Crippen LogP) is 6.24. The van der Waals surface area contributed by atoms with E-state index in [1.165, 1.54) is 19.3 Å². The number of halogens is 3. The molecule has 0 aliphatic rings. The highest BCUT2D eigenvalue weighted by molar-refractivity contribution is 6.34. The van der Waals surface area contributed by atoms with Crippen LogP contribution in [0.3, 0.4) is 0 Å². The van der Waals surface area contributed by atoms with Crippen molar-refractivity contribution in [2.75, 3.05) is 0 Å². The monoisotopic (exact) mass is 278 g/mol. The Kier molecular flexibility index (Phi) is 6.57. The lowest BCUT2D eigenvalue weighted by molar-refractivity contribution is 0.624. The van der Waals surface area contributed by atoms with Crippen molar-refractivity contribution in [3.63, 3.8) is 0 Å². The first-order chi connectivity index (χ1) is 7.65. The summed E-state index contributed by atoms with van der Waals surface area (Å²) in [4.78, 5) is 0. The van der Waals surface area contributed by atoms with Gasteiger partial charge in [0.25, 0.3) is 0 Å². The number of alkyl halides is 1. The Labute approximate surface area is 113 Å². The number of hydrogen-bond donors (Lipinski definition) is 0. The van der Waals surface area contributed by atoms with Crippen LogP contribution in [0.15, 0.2) is 18.2 Å². The van der Waals surface area contributed by atoms with Crippen LogP contribution >= 0.6 is 34.8 Å². The summed E-state index contributed by atoms with van der Waals surface area (Å²) in [5.41, 5.74) is 0.951. The lowest BCUT2D eigenvalue weighted by Crippen LogP contribution is -1.92. The molecule has 1 aromatic rings. The lowest BCUT2D eigenvalue weighted by Gasteiger charge is -2.11. The molecule has 0 N–H and O–H groups in total. The van der Waals surface area contributed by atoms with E-state index in [1.807, 2.05) is 6.07 Å². The summed E-state index contributed by atoms with van der Waals surface area (Å²) >= 11 is 18.3. The van der Waals surface area contributed by atoms with E-state index < -0.39 is 0 Å². The minimum Gasteiger partial charge on any atom is -0.118 e. The van der Waals surface area contributed by atoms with Gasteiger partial charge in [0, 0.05) is 10.0 Å². The third-order valence-electron chi connectivity index (χ3n) is 2.61. The van der Waals surface area contributed by atoms with Gasteiger partial charge in [-0.3, -0.25) is 0 Å². The van der Waals surface area contributed by atoms with Gasteiger partial charge >= 0.3 is 0 Å². The quantitative estimate of drug-likeness (QED) is 0.427. The summed E-state index contributed by atoms with van der Waals surface area (Å²) in [5, 5.41) is 1.38. The Hall–Kier alpha value is 0.0900. The number of hydrogen-bond acceptors (Lipinski definition) is 0. The normalized spacial score (nSPS) is 12.8. The van der Waals surface area contributed by atoms with Crippen LogP contribution < -0.4 is 0 Å². The zero-order valence-corrected chi connectivity index (χ0v) is 11.7. The van der Waals surface area contributed by atoms with Gasteiger partial charge in [-0.25, -0.2) is 0 Å². The van der Waals surface area contributed by atoms with Gasteiger partial charge in [-0.2, -0.15) is 0 Å². The van der Waals surface area contributed by atoms with Crippen LogP contribution in [0.2, 0.25) is 10.0 Å². The third-order valence-corrected chi connectivity index (χ3v) is 3.64. The molecule has 0 spiro atoms. The minimum atomic E-state index is -0.0249. The molecule has 1 unspecified atom stereocenters. The van der Waals surface area contributed by atoms with Crippen molar-refractivity contribution in [1.82, 2.24) is 0 Å². The average Bonchev–Trinajstić information content (AvgIpc) is 2.27. The second kappa shape index (κ2) is 7.42. The smallest absolute Gasteiger partial charge is 0.0600 e. The first-order valence-electron chi connectivity index (χ1n) is 5.74. The van der Waals surface area contributed by atoms with Crippen molar-refractivity contribution in [2.45, 2.75) is 44.4 Å². The summed E-state index contributed by atoms with van der Waals surface area (Å²) in [6.07, 6.45) is 5.85. The second-order valence-corrected chi connectivity index (χ2v) is 5.35. The third kappa shape index (κ3) is 4.53. The van der Waals surface area contributed by atoms with Crippen molar-refractivity contribution in [1.29, 1.82) is 0 Å². The van der Waals surface area contributed by atoms with Gasteiger partial charge in [-0.05, 0) is 30.2 Å². The van der Waals surface area contributed by atoms with E-state index in [2.05, 4.69) is 6.92 Å². The summed E-state index contributed by atoms with van der Waals surface area (Å²) in [7, 11) is 0. The molecular weight excluding hydrogens is 263 g/mol. The van der Waals surface area contributed by atoms with E-state index in [9.17, 15) is 0 Å². The van der Waals surface area contributed by atoms with Gasteiger partial charge < -0.3 is 0 Å². The molecule has 0 amide bonds. The summed E-state index contributed by atoms with van der Waals surface area (Å²) in [6, 6.07) is 5.45. The van der Waals surface area contributed by atoms with Crippen molar-refractivity contribution < 1.29 is 0 Å². The second-order valence-electron chi connectivity index (χ2n) is 3.98. The van der Waals surface area contributed by atoms with Gasteiger partial charge in [0.2, 0.25) is 0 Å². The average molecular weight is 280 g/mol. The van der Waals surface area contributed by atoms with Gasteiger partial charge in [-0.1, -0.05) is 55.8 Å². The van der Waals surface area contributed by atoms with Crippen LogP contribution in [0.1, 0.15) is 50.0 Å². The molecule has 0 saturated heterocycles. The van der Waals surface area contributed by atoms with Crippen LogP contribution in [0.25, 0.3) is 0 Å². The molecule has 0 heterocycles. The van der Waals surface area contributed by atoms with Gasteiger partial charge in [-0.15, -0.1) is 11.6 Å². The summed E-state index contributed by atoms with van der Waals surface area (Å²) in [6.45, 7) is 2.20. The lowest BCUT2D eigenvalue weighted by atomic mass is 10.1. The van der Waals surface area contributed by atoms with Crippen LogP contribution in [0.4, 0.5) is 0 Å². The Morgan fingerprint density at radius 3 is 2.56 bits per heavy atom. The van der Waals surface area contributed by atoms with E-state index >= 15 is 0 Å². The van der Waals surface area contributed by atoms with E-state index in [0.29, 0.717) is 10.0 Å². The first kappa shape index (κ1) is 14.2. The van der Waals surface area contributed by atoms with E-state index in [-0.39, 0.29) is 5.38 Å². The molecule has 16 heavy (non-hydrogen) atoms. The van der Waals surface area contributed by atoms with Crippen LogP contribution in [-0.4, -0.2) is 0 Å². The van der Waals surface area contributed by atoms with Crippen LogP contribution in [0, 0.1) is 0 Å². The Morgan fingerprint density at radius 1 is 1.12 bits per heavy atom. The zero-order valence-electron chi connectivity index (χ0n) is 9.48. The molecular formula is C13H17Cl3. The summed E-state index contributed by atoms with van der Waals surface area (Å²) in [5.74, 6) is 0. The molecule has 0 bridgehead atoms. The maximum atomic E-state index is 6.32. The summed E-state index contributed by atoms with van der Waals surface area (Å²) < 4.78 is 0. The van der Waals surface area contributed by atoms with Gasteiger partial charge in [0.05, 0.1) is 5.38 Å². The SMILES string of the molecule is CCCCCCC(Cl)c1cc(Cl)ccc1Cl. The first-order valence-corrected chi connectivity index (χ1v) is 6.93. The van der Waals surface area contributed by atoms with Crippen molar-refractivity contribution in [3.05, 3.63) is 33.8 Å². The molecule has 0 fully saturated rings. The van der Waals surface area contributed by atoms with Crippen LogP contribution in [-0.2, 0) is 0 Å². The van der Waals surface area contributed by atoms with E-state index in [4.69, 9.17) is 34.8 Å². The molecule has 1 atom stereocenters. The Balaban J connectivity index is 2.51. The number of rotatable bonds is 6. The topological polar surface area (TPSA) is 0 Å². The molecule has 90 valence electrons. The highest BCUT2D eigenvalue weighted by Crippen LogP contribution is 2.33. The van der Waals surface area contributed by atoms with E-state index in [0.717, 1.165) is 18.4 Å². The molecule has 1 rings (SSSR count). The fourth-order valence-electron chi connectivity index (χ4n) is 1.66. The zero-order chi connectivity index (χ0) is 12.0. The predicted molar refractivity (Wildman–Crippen MR) is 73.8 cm³/mol. The molecule has 0 radical (unpaired) electrons. The fraction of sp³-hybridized carbons (Fsp3) is 0.538. The molecule has 0 saturated carbocycles. The molecule has 0 aromatic heterocycles. The minimum absolute atomic E-state index is 0.0249.